The lowest BCUT2D eigenvalue weighted by Crippen LogP contribution is -2.36. The SMILES string of the molecule is CN(CC(C)(C)O)c1cc2nc[nH]c(=O)c2cc1[N+](=O)[O-]. The van der Waals surface area contributed by atoms with Crippen LogP contribution in [0.2, 0.25) is 0 Å². The van der Waals surface area contributed by atoms with Gasteiger partial charge in [0, 0.05) is 19.7 Å². The van der Waals surface area contributed by atoms with Crippen LogP contribution in [0, 0.1) is 10.1 Å². The minimum atomic E-state index is -1.01. The van der Waals surface area contributed by atoms with Crippen LogP contribution < -0.4 is 10.5 Å². The van der Waals surface area contributed by atoms with E-state index in [2.05, 4.69) is 9.97 Å². The van der Waals surface area contributed by atoms with Gasteiger partial charge in [0.05, 0.1) is 27.8 Å². The van der Waals surface area contributed by atoms with Crippen LogP contribution in [0.25, 0.3) is 10.9 Å². The third-order valence-corrected chi connectivity index (χ3v) is 2.97. The van der Waals surface area contributed by atoms with E-state index in [-0.39, 0.29) is 17.6 Å². The molecule has 1 heterocycles. The molecule has 0 saturated heterocycles. The van der Waals surface area contributed by atoms with Gasteiger partial charge in [0.15, 0.2) is 0 Å². The highest BCUT2D eigenvalue weighted by atomic mass is 16.6. The summed E-state index contributed by atoms with van der Waals surface area (Å²) >= 11 is 0. The summed E-state index contributed by atoms with van der Waals surface area (Å²) in [6.07, 6.45) is 1.25. The summed E-state index contributed by atoms with van der Waals surface area (Å²) in [6.45, 7) is 3.42. The van der Waals surface area contributed by atoms with Crippen molar-refractivity contribution in [3.8, 4) is 0 Å². The van der Waals surface area contributed by atoms with Crippen molar-refractivity contribution in [1.82, 2.24) is 9.97 Å². The molecule has 0 unspecified atom stereocenters. The van der Waals surface area contributed by atoms with Gasteiger partial charge in [-0.05, 0) is 19.9 Å². The topological polar surface area (TPSA) is 112 Å². The molecule has 1 aromatic heterocycles. The zero-order chi connectivity index (χ0) is 15.8. The Morgan fingerprint density at radius 1 is 1.48 bits per heavy atom. The molecule has 0 radical (unpaired) electrons. The van der Waals surface area contributed by atoms with Crippen LogP contribution in [0.3, 0.4) is 0 Å². The van der Waals surface area contributed by atoms with Crippen molar-refractivity contribution >= 4 is 22.3 Å². The van der Waals surface area contributed by atoms with Crippen molar-refractivity contribution in [3.05, 3.63) is 38.9 Å². The quantitative estimate of drug-likeness (QED) is 0.643. The van der Waals surface area contributed by atoms with Crippen LogP contribution in [-0.2, 0) is 0 Å². The Bertz CT molecular complexity index is 748. The number of aromatic nitrogens is 2. The lowest BCUT2D eigenvalue weighted by molar-refractivity contribution is -0.384. The van der Waals surface area contributed by atoms with Gasteiger partial charge >= 0.3 is 0 Å². The highest BCUT2D eigenvalue weighted by Gasteiger charge is 2.23. The number of hydrogen-bond donors (Lipinski definition) is 2. The van der Waals surface area contributed by atoms with E-state index >= 15 is 0 Å². The van der Waals surface area contributed by atoms with Gasteiger partial charge in [0.1, 0.15) is 5.69 Å². The number of fused-ring (bicyclic) bond motifs is 1. The Morgan fingerprint density at radius 2 is 2.14 bits per heavy atom. The van der Waals surface area contributed by atoms with Gasteiger partial charge in [-0.15, -0.1) is 0 Å². The van der Waals surface area contributed by atoms with E-state index in [4.69, 9.17) is 0 Å². The Balaban J connectivity index is 2.64. The second-order valence-electron chi connectivity index (χ2n) is 5.52. The van der Waals surface area contributed by atoms with Crippen LogP contribution in [0.15, 0.2) is 23.3 Å². The first-order valence-corrected chi connectivity index (χ1v) is 6.28. The third-order valence-electron chi connectivity index (χ3n) is 2.97. The summed E-state index contributed by atoms with van der Waals surface area (Å²) in [5.74, 6) is 0. The number of benzene rings is 1. The first-order valence-electron chi connectivity index (χ1n) is 6.28. The van der Waals surface area contributed by atoms with E-state index in [1.54, 1.807) is 25.8 Å². The molecule has 0 aliphatic heterocycles. The average Bonchev–Trinajstić information content (AvgIpc) is 2.35. The number of aromatic amines is 1. The predicted molar refractivity (Wildman–Crippen MR) is 78.6 cm³/mol. The zero-order valence-electron chi connectivity index (χ0n) is 12.0. The van der Waals surface area contributed by atoms with E-state index in [1.807, 2.05) is 0 Å². The molecule has 8 nitrogen and oxygen atoms in total. The molecule has 8 heteroatoms. The molecular weight excluding hydrogens is 276 g/mol. The van der Waals surface area contributed by atoms with Crippen molar-refractivity contribution in [2.75, 3.05) is 18.5 Å². The fraction of sp³-hybridized carbons (Fsp3) is 0.385. The van der Waals surface area contributed by atoms with Crippen molar-refractivity contribution in [2.24, 2.45) is 0 Å². The summed E-state index contributed by atoms with van der Waals surface area (Å²) in [5, 5.41) is 21.2. The molecule has 1 aromatic carbocycles. The van der Waals surface area contributed by atoms with E-state index in [1.165, 1.54) is 18.5 Å². The average molecular weight is 292 g/mol. The molecule has 0 saturated carbocycles. The van der Waals surface area contributed by atoms with E-state index in [9.17, 15) is 20.0 Å². The molecule has 0 amide bonds. The Hall–Kier alpha value is -2.48. The van der Waals surface area contributed by atoms with E-state index in [0.29, 0.717) is 11.2 Å². The molecule has 2 rings (SSSR count). The lowest BCUT2D eigenvalue weighted by Gasteiger charge is -2.27. The fourth-order valence-corrected chi connectivity index (χ4v) is 2.21. The van der Waals surface area contributed by atoms with Crippen LogP contribution in [0.1, 0.15) is 13.8 Å². The number of rotatable bonds is 4. The van der Waals surface area contributed by atoms with Gasteiger partial charge < -0.3 is 15.0 Å². The second-order valence-corrected chi connectivity index (χ2v) is 5.52. The predicted octanol–water partition coefficient (Wildman–Crippen LogP) is 1.04. The molecule has 0 bridgehead atoms. The van der Waals surface area contributed by atoms with Crippen molar-refractivity contribution in [3.63, 3.8) is 0 Å². The number of aliphatic hydroxyl groups is 1. The van der Waals surface area contributed by atoms with Gasteiger partial charge in [0.2, 0.25) is 0 Å². The number of nitro groups is 1. The molecular formula is C13H16N4O4. The maximum absolute atomic E-state index is 11.7. The zero-order valence-corrected chi connectivity index (χ0v) is 12.0. The van der Waals surface area contributed by atoms with E-state index in [0.717, 1.165) is 0 Å². The van der Waals surface area contributed by atoms with E-state index < -0.39 is 16.1 Å². The summed E-state index contributed by atoms with van der Waals surface area (Å²) in [7, 11) is 1.64. The van der Waals surface area contributed by atoms with Crippen molar-refractivity contribution in [2.45, 2.75) is 19.4 Å². The number of likely N-dealkylation sites (N-methyl/N-ethyl adjacent to an activating group) is 1. The van der Waals surface area contributed by atoms with Crippen LogP contribution in [-0.4, -0.2) is 39.2 Å². The summed E-state index contributed by atoms with van der Waals surface area (Å²) in [6, 6.07) is 2.69. The molecule has 0 spiro atoms. The molecule has 0 fully saturated rings. The number of nitrogens with one attached hydrogen (secondary N) is 1. The van der Waals surface area contributed by atoms with Crippen LogP contribution >= 0.6 is 0 Å². The number of hydrogen-bond acceptors (Lipinski definition) is 6. The highest BCUT2D eigenvalue weighted by Crippen LogP contribution is 2.31. The van der Waals surface area contributed by atoms with Crippen LogP contribution in [0.4, 0.5) is 11.4 Å². The fourth-order valence-electron chi connectivity index (χ4n) is 2.21. The maximum atomic E-state index is 11.7. The largest absolute Gasteiger partial charge is 0.389 e. The molecule has 0 aliphatic carbocycles. The highest BCUT2D eigenvalue weighted by molar-refractivity contribution is 5.86. The second kappa shape index (κ2) is 5.13. The molecule has 2 aromatic rings. The van der Waals surface area contributed by atoms with Gasteiger partial charge in [-0.2, -0.15) is 0 Å². The van der Waals surface area contributed by atoms with Crippen molar-refractivity contribution < 1.29 is 10.0 Å². The van der Waals surface area contributed by atoms with Gasteiger partial charge in [0.25, 0.3) is 11.2 Å². The third kappa shape index (κ3) is 3.16. The monoisotopic (exact) mass is 292 g/mol. The standard InChI is InChI=1S/C13H16N4O4/c1-13(2,19)6-16(3)10-5-9-8(4-11(10)17(20)21)12(18)15-7-14-9/h4-5,7,19H,6H2,1-3H3,(H,14,15,18). The molecule has 112 valence electrons. The van der Waals surface area contributed by atoms with Gasteiger partial charge in [-0.25, -0.2) is 4.98 Å². The van der Waals surface area contributed by atoms with Crippen molar-refractivity contribution in [1.29, 1.82) is 0 Å². The lowest BCUT2D eigenvalue weighted by atomic mass is 10.1. The Kier molecular flexibility index (Phi) is 3.65. The molecule has 2 N–H and O–H groups in total. The molecule has 0 atom stereocenters. The van der Waals surface area contributed by atoms with Crippen LogP contribution in [0.5, 0.6) is 0 Å². The number of H-pyrrole nitrogens is 1. The molecule has 0 aliphatic rings. The Morgan fingerprint density at radius 3 is 2.71 bits per heavy atom. The maximum Gasteiger partial charge on any atom is 0.293 e. The minimum absolute atomic E-state index is 0.157. The molecule has 21 heavy (non-hydrogen) atoms. The Labute approximate surface area is 120 Å². The number of anilines is 1. The van der Waals surface area contributed by atoms with Gasteiger partial charge in [-0.3, -0.25) is 14.9 Å². The number of nitro benzene ring substituents is 1. The summed E-state index contributed by atoms with van der Waals surface area (Å²) in [4.78, 5) is 30.3. The smallest absolute Gasteiger partial charge is 0.293 e. The van der Waals surface area contributed by atoms with Gasteiger partial charge in [-0.1, -0.05) is 0 Å². The first-order chi connectivity index (χ1) is 9.69. The minimum Gasteiger partial charge on any atom is -0.389 e. The first kappa shape index (κ1) is 14.9. The summed E-state index contributed by atoms with van der Waals surface area (Å²) < 4.78 is 0. The normalized spacial score (nSPS) is 11.6. The summed E-state index contributed by atoms with van der Waals surface area (Å²) in [5.41, 5.74) is -0.985. The number of nitrogens with zero attached hydrogens (tertiary/aromatic N) is 3.